The molecule has 2 aromatic carbocycles. The predicted octanol–water partition coefficient (Wildman–Crippen LogP) is 7.03. The van der Waals surface area contributed by atoms with Crippen molar-refractivity contribution in [2.45, 2.75) is 46.1 Å². The summed E-state index contributed by atoms with van der Waals surface area (Å²) in [5.74, 6) is 1.04. The van der Waals surface area contributed by atoms with Crippen LogP contribution in [0.5, 0.6) is 5.75 Å². The minimum absolute atomic E-state index is 0.117. The van der Waals surface area contributed by atoms with Gasteiger partial charge >= 0.3 is 0 Å². The van der Waals surface area contributed by atoms with Gasteiger partial charge in [0.1, 0.15) is 5.75 Å². The van der Waals surface area contributed by atoms with Crippen molar-refractivity contribution in [2.24, 2.45) is 10.9 Å². The number of nitrogens with zero attached hydrogens (tertiary/aromatic N) is 4. The summed E-state index contributed by atoms with van der Waals surface area (Å²) in [6, 6.07) is 9.45. The standard InChI is InChI=1S/C32H36Cl2N4O3/c1-7-19(2)8-9-27(35-5)25-17-24-20(13-28(25)40-6)12-26-29(31(39)37-10-11-41-18-32(37,3)4)36-38(30(24)26)23-15-21(33)14-22(34)16-23/h8-9,13-17,19H,7,10-12,18H2,1-6H3/b9-8-,35-27?. The number of allylic oxidation sites excluding steroid dienone is 2. The second-order valence-corrected chi connectivity index (χ2v) is 12.1. The van der Waals surface area contributed by atoms with Crippen molar-refractivity contribution in [1.29, 1.82) is 0 Å². The summed E-state index contributed by atoms with van der Waals surface area (Å²) in [7, 11) is 3.46. The van der Waals surface area contributed by atoms with E-state index < -0.39 is 5.54 Å². The average Bonchev–Trinajstić information content (AvgIpc) is 3.48. The quantitative estimate of drug-likeness (QED) is 0.215. The smallest absolute Gasteiger partial charge is 0.275 e. The molecule has 1 aliphatic carbocycles. The molecule has 0 N–H and O–H groups in total. The number of carbonyl (C=O) groups is 1. The van der Waals surface area contributed by atoms with Gasteiger partial charge in [-0.1, -0.05) is 49.5 Å². The predicted molar refractivity (Wildman–Crippen MR) is 165 cm³/mol. The molecular formula is C32H36Cl2N4O3. The largest absolute Gasteiger partial charge is 0.496 e. The Balaban J connectivity index is 1.71. The first-order chi connectivity index (χ1) is 19.6. The van der Waals surface area contributed by atoms with E-state index in [0.29, 0.717) is 53.5 Å². The van der Waals surface area contributed by atoms with Gasteiger partial charge in [0.05, 0.1) is 43.0 Å². The zero-order valence-electron chi connectivity index (χ0n) is 24.4. The van der Waals surface area contributed by atoms with Crippen LogP contribution in [0.1, 0.15) is 61.3 Å². The summed E-state index contributed by atoms with van der Waals surface area (Å²) in [4.78, 5) is 20.6. The molecule has 41 heavy (non-hydrogen) atoms. The second kappa shape index (κ2) is 11.6. The van der Waals surface area contributed by atoms with Gasteiger partial charge < -0.3 is 14.4 Å². The number of rotatable bonds is 7. The van der Waals surface area contributed by atoms with Gasteiger partial charge in [-0.2, -0.15) is 5.10 Å². The fourth-order valence-corrected chi connectivity index (χ4v) is 6.02. The van der Waals surface area contributed by atoms with Crippen molar-refractivity contribution in [2.75, 3.05) is 33.9 Å². The molecule has 2 aliphatic rings. The number of aliphatic imine (C=N–C) groups is 1. The average molecular weight is 596 g/mol. The van der Waals surface area contributed by atoms with Crippen molar-refractivity contribution >= 4 is 34.8 Å². The number of morpholine rings is 1. The van der Waals surface area contributed by atoms with E-state index in [2.05, 4.69) is 43.1 Å². The van der Waals surface area contributed by atoms with Crippen LogP contribution in [-0.4, -0.2) is 65.8 Å². The number of fused-ring (bicyclic) bond motifs is 3. The van der Waals surface area contributed by atoms with Gasteiger partial charge in [-0.3, -0.25) is 9.79 Å². The normalized spacial score (nSPS) is 17.1. The van der Waals surface area contributed by atoms with Crippen LogP contribution in [0.2, 0.25) is 10.0 Å². The molecule has 2 heterocycles. The number of ether oxygens (including phenoxy) is 2. The van der Waals surface area contributed by atoms with Crippen molar-refractivity contribution in [1.82, 2.24) is 14.7 Å². The third-order valence-corrected chi connectivity index (χ3v) is 8.40. The summed E-state index contributed by atoms with van der Waals surface area (Å²) in [5, 5.41) is 5.90. The zero-order chi connectivity index (χ0) is 29.5. The Bertz CT molecular complexity index is 1540. The van der Waals surface area contributed by atoms with Gasteiger partial charge in [0.15, 0.2) is 5.69 Å². The van der Waals surface area contributed by atoms with Crippen LogP contribution in [0.15, 0.2) is 47.5 Å². The zero-order valence-corrected chi connectivity index (χ0v) is 25.9. The monoisotopic (exact) mass is 594 g/mol. The first-order valence-corrected chi connectivity index (χ1v) is 14.7. The molecule has 0 spiro atoms. The van der Waals surface area contributed by atoms with E-state index in [1.165, 1.54) is 0 Å². The first-order valence-electron chi connectivity index (χ1n) is 13.9. The fraction of sp³-hybridized carbons (Fsp3) is 0.406. The van der Waals surface area contributed by atoms with Crippen LogP contribution < -0.4 is 4.74 Å². The lowest BCUT2D eigenvalue weighted by atomic mass is 9.99. The van der Waals surface area contributed by atoms with Crippen LogP contribution in [0.4, 0.5) is 0 Å². The summed E-state index contributed by atoms with van der Waals surface area (Å²) in [6.45, 7) is 9.83. The van der Waals surface area contributed by atoms with Crippen LogP contribution in [0, 0.1) is 5.92 Å². The number of benzene rings is 2. The molecule has 1 atom stereocenters. The molecular weight excluding hydrogens is 559 g/mol. The summed E-state index contributed by atoms with van der Waals surface area (Å²) < 4.78 is 13.3. The molecule has 1 saturated heterocycles. The van der Waals surface area contributed by atoms with Crippen molar-refractivity contribution in [3.05, 3.63) is 74.9 Å². The van der Waals surface area contributed by atoms with Gasteiger partial charge in [-0.05, 0) is 61.7 Å². The summed E-state index contributed by atoms with van der Waals surface area (Å²) >= 11 is 12.8. The fourth-order valence-electron chi connectivity index (χ4n) is 5.50. The maximum absolute atomic E-state index is 14.1. The van der Waals surface area contributed by atoms with Crippen LogP contribution in [0.3, 0.4) is 0 Å². The summed E-state index contributed by atoms with van der Waals surface area (Å²) in [6.07, 6.45) is 5.80. The number of aromatic nitrogens is 2. The topological polar surface area (TPSA) is 68.9 Å². The van der Waals surface area contributed by atoms with E-state index in [0.717, 1.165) is 45.8 Å². The molecule has 0 bridgehead atoms. The van der Waals surface area contributed by atoms with E-state index in [9.17, 15) is 4.79 Å². The maximum Gasteiger partial charge on any atom is 0.275 e. The van der Waals surface area contributed by atoms with Gasteiger partial charge in [0.2, 0.25) is 0 Å². The highest BCUT2D eigenvalue weighted by Gasteiger charge is 2.39. The second-order valence-electron chi connectivity index (χ2n) is 11.3. The maximum atomic E-state index is 14.1. The number of halogens is 2. The molecule has 9 heteroatoms. The minimum Gasteiger partial charge on any atom is -0.496 e. The SMILES string of the molecule is CCC(C)/C=C\C(=NC)c1cc2c(cc1OC)Cc1c(C(=O)N3CCOCC3(C)C)nn(-c3cc(Cl)cc(Cl)c3)c1-2. The Labute approximate surface area is 251 Å². The van der Waals surface area contributed by atoms with E-state index >= 15 is 0 Å². The molecule has 1 fully saturated rings. The Morgan fingerprint density at radius 3 is 2.59 bits per heavy atom. The highest BCUT2D eigenvalue weighted by Crippen LogP contribution is 2.44. The Morgan fingerprint density at radius 1 is 1.22 bits per heavy atom. The third kappa shape index (κ3) is 5.55. The third-order valence-electron chi connectivity index (χ3n) is 7.96. The van der Waals surface area contributed by atoms with Gasteiger partial charge in [-0.15, -0.1) is 0 Å². The Morgan fingerprint density at radius 2 is 1.95 bits per heavy atom. The first kappa shape index (κ1) is 29.4. The number of amides is 1. The van der Waals surface area contributed by atoms with Gasteiger partial charge in [0.25, 0.3) is 5.91 Å². The Kier molecular flexibility index (Phi) is 8.33. The molecule has 0 saturated carbocycles. The molecule has 1 amide bonds. The van der Waals surface area contributed by atoms with E-state index in [-0.39, 0.29) is 5.91 Å². The van der Waals surface area contributed by atoms with Crippen LogP contribution in [0.25, 0.3) is 16.9 Å². The number of methoxy groups -OCH3 is 1. The number of carbonyl (C=O) groups excluding carboxylic acids is 1. The molecule has 1 unspecified atom stereocenters. The molecule has 3 aromatic rings. The van der Waals surface area contributed by atoms with E-state index in [4.69, 9.17) is 37.8 Å². The molecule has 216 valence electrons. The number of hydrogen-bond donors (Lipinski definition) is 0. The van der Waals surface area contributed by atoms with Crippen LogP contribution >= 0.6 is 23.2 Å². The van der Waals surface area contributed by atoms with Crippen molar-refractivity contribution in [3.63, 3.8) is 0 Å². The van der Waals surface area contributed by atoms with Crippen LogP contribution in [-0.2, 0) is 11.2 Å². The molecule has 1 aliphatic heterocycles. The molecule has 7 nitrogen and oxygen atoms in total. The summed E-state index contributed by atoms with van der Waals surface area (Å²) in [5.41, 5.74) is 6.08. The lowest BCUT2D eigenvalue weighted by Gasteiger charge is -2.41. The van der Waals surface area contributed by atoms with Crippen molar-refractivity contribution in [3.8, 4) is 22.7 Å². The van der Waals surface area contributed by atoms with Gasteiger partial charge in [0, 0.05) is 46.7 Å². The molecule has 0 radical (unpaired) electrons. The molecule has 1 aromatic heterocycles. The van der Waals surface area contributed by atoms with Crippen molar-refractivity contribution < 1.29 is 14.3 Å². The number of hydrogen-bond acceptors (Lipinski definition) is 5. The highest BCUT2D eigenvalue weighted by atomic mass is 35.5. The van der Waals surface area contributed by atoms with Gasteiger partial charge in [-0.25, -0.2) is 4.68 Å². The highest BCUT2D eigenvalue weighted by molar-refractivity contribution is 6.34. The molecule has 5 rings (SSSR count). The Hall–Kier alpha value is -3.13. The lowest BCUT2D eigenvalue weighted by Crippen LogP contribution is -2.55. The lowest BCUT2D eigenvalue weighted by molar-refractivity contribution is -0.0373. The van der Waals surface area contributed by atoms with E-state index in [1.807, 2.05) is 30.9 Å². The minimum atomic E-state index is -0.457. The van der Waals surface area contributed by atoms with E-state index in [1.54, 1.807) is 24.9 Å².